The molecule has 0 atom stereocenters. The van der Waals surface area contributed by atoms with E-state index in [0.29, 0.717) is 23.4 Å². The standard InChI is InChI=1S/C18H17N3O2/c1-12-18(23)21(11-14-6-4-3-5-7-14)17-9-8-15(20-13(2)22)10-16(17)19-12/h3-10H,11H2,1-2H3,(H,20,22). The maximum Gasteiger partial charge on any atom is 0.272 e. The molecule has 1 aromatic heterocycles. The molecule has 3 aromatic rings. The Kier molecular flexibility index (Phi) is 3.93. The second-order valence-corrected chi connectivity index (χ2v) is 5.46. The summed E-state index contributed by atoms with van der Waals surface area (Å²) >= 11 is 0. The number of carbonyl (C=O) groups is 1. The molecule has 0 unspecified atom stereocenters. The van der Waals surface area contributed by atoms with Crippen LogP contribution in [-0.4, -0.2) is 15.5 Å². The van der Waals surface area contributed by atoms with Crippen molar-refractivity contribution in [3.05, 3.63) is 70.1 Å². The van der Waals surface area contributed by atoms with Crippen molar-refractivity contribution in [2.24, 2.45) is 0 Å². The van der Waals surface area contributed by atoms with Crippen molar-refractivity contribution in [1.29, 1.82) is 0 Å². The molecule has 1 N–H and O–H groups in total. The summed E-state index contributed by atoms with van der Waals surface area (Å²) in [5.41, 5.74) is 3.49. The van der Waals surface area contributed by atoms with E-state index in [2.05, 4.69) is 10.3 Å². The molecule has 0 aliphatic rings. The van der Waals surface area contributed by atoms with Crippen molar-refractivity contribution in [2.45, 2.75) is 20.4 Å². The number of fused-ring (bicyclic) bond motifs is 1. The SMILES string of the molecule is CC(=O)Nc1ccc2c(c1)nc(C)c(=O)n2Cc1ccccc1. The van der Waals surface area contributed by atoms with Crippen LogP contribution in [0.4, 0.5) is 5.69 Å². The molecule has 23 heavy (non-hydrogen) atoms. The number of hydrogen-bond acceptors (Lipinski definition) is 3. The fraction of sp³-hybridized carbons (Fsp3) is 0.167. The van der Waals surface area contributed by atoms with Crippen LogP contribution in [0.5, 0.6) is 0 Å². The van der Waals surface area contributed by atoms with Gasteiger partial charge in [0.1, 0.15) is 5.69 Å². The third-order valence-corrected chi connectivity index (χ3v) is 3.61. The summed E-state index contributed by atoms with van der Waals surface area (Å²) in [6.45, 7) is 3.65. The van der Waals surface area contributed by atoms with Gasteiger partial charge in [0.25, 0.3) is 5.56 Å². The first-order chi connectivity index (χ1) is 11.0. The van der Waals surface area contributed by atoms with Crippen molar-refractivity contribution in [3.8, 4) is 0 Å². The second-order valence-electron chi connectivity index (χ2n) is 5.46. The van der Waals surface area contributed by atoms with Crippen LogP contribution in [0.15, 0.2) is 53.3 Å². The minimum Gasteiger partial charge on any atom is -0.326 e. The lowest BCUT2D eigenvalue weighted by atomic mass is 10.2. The number of aromatic nitrogens is 2. The number of carbonyl (C=O) groups excluding carboxylic acids is 1. The summed E-state index contributed by atoms with van der Waals surface area (Å²) in [4.78, 5) is 28.0. The third-order valence-electron chi connectivity index (χ3n) is 3.61. The Morgan fingerprint density at radius 3 is 2.61 bits per heavy atom. The normalized spacial score (nSPS) is 10.7. The molecule has 0 fully saturated rings. The molecule has 0 radical (unpaired) electrons. The topological polar surface area (TPSA) is 64.0 Å². The predicted molar refractivity (Wildman–Crippen MR) is 90.6 cm³/mol. The Hall–Kier alpha value is -2.95. The average molecular weight is 307 g/mol. The van der Waals surface area contributed by atoms with Gasteiger partial charge in [0, 0.05) is 12.6 Å². The van der Waals surface area contributed by atoms with E-state index in [0.717, 1.165) is 11.1 Å². The number of anilines is 1. The number of benzene rings is 2. The van der Waals surface area contributed by atoms with Crippen molar-refractivity contribution < 1.29 is 4.79 Å². The quantitative estimate of drug-likeness (QED) is 0.809. The van der Waals surface area contributed by atoms with E-state index < -0.39 is 0 Å². The van der Waals surface area contributed by atoms with Gasteiger partial charge in [-0.3, -0.25) is 9.59 Å². The fourth-order valence-corrected chi connectivity index (χ4v) is 2.58. The highest BCUT2D eigenvalue weighted by Crippen LogP contribution is 2.18. The van der Waals surface area contributed by atoms with Crippen molar-refractivity contribution in [1.82, 2.24) is 9.55 Å². The molecule has 0 bridgehead atoms. The zero-order valence-corrected chi connectivity index (χ0v) is 13.0. The minimum absolute atomic E-state index is 0.103. The molecule has 1 heterocycles. The summed E-state index contributed by atoms with van der Waals surface area (Å²) in [6, 6.07) is 15.2. The highest BCUT2D eigenvalue weighted by molar-refractivity contribution is 5.91. The predicted octanol–water partition coefficient (Wildman–Crippen LogP) is 2.71. The van der Waals surface area contributed by atoms with Gasteiger partial charge in [-0.1, -0.05) is 30.3 Å². The van der Waals surface area contributed by atoms with Gasteiger partial charge in [-0.25, -0.2) is 4.98 Å². The molecule has 5 heteroatoms. The number of nitrogens with zero attached hydrogens (tertiary/aromatic N) is 2. The van der Waals surface area contributed by atoms with Crippen molar-refractivity contribution in [2.75, 3.05) is 5.32 Å². The molecule has 0 spiro atoms. The highest BCUT2D eigenvalue weighted by Gasteiger charge is 2.09. The molecule has 2 aromatic carbocycles. The molecule has 5 nitrogen and oxygen atoms in total. The zero-order valence-electron chi connectivity index (χ0n) is 13.0. The van der Waals surface area contributed by atoms with E-state index in [9.17, 15) is 9.59 Å². The van der Waals surface area contributed by atoms with Gasteiger partial charge in [0.15, 0.2) is 0 Å². The molecule has 0 aliphatic heterocycles. The summed E-state index contributed by atoms with van der Waals surface area (Å²) in [5, 5.41) is 2.73. The smallest absolute Gasteiger partial charge is 0.272 e. The van der Waals surface area contributed by atoms with Crippen molar-refractivity contribution >= 4 is 22.6 Å². The monoisotopic (exact) mass is 307 g/mol. The highest BCUT2D eigenvalue weighted by atomic mass is 16.1. The molecular weight excluding hydrogens is 290 g/mol. The molecule has 0 saturated carbocycles. The minimum atomic E-state index is -0.140. The van der Waals surface area contributed by atoms with E-state index in [1.165, 1.54) is 6.92 Å². The Balaban J connectivity index is 2.14. The summed E-state index contributed by atoms with van der Waals surface area (Å²) in [5.74, 6) is -0.140. The number of amides is 1. The van der Waals surface area contributed by atoms with Crippen LogP contribution >= 0.6 is 0 Å². The molecule has 1 amide bonds. The molecule has 0 aliphatic carbocycles. The lowest BCUT2D eigenvalue weighted by Gasteiger charge is -2.12. The summed E-state index contributed by atoms with van der Waals surface area (Å²) < 4.78 is 1.71. The van der Waals surface area contributed by atoms with Crippen molar-refractivity contribution in [3.63, 3.8) is 0 Å². The molecule has 3 rings (SSSR count). The largest absolute Gasteiger partial charge is 0.326 e. The van der Waals surface area contributed by atoms with Crippen LogP contribution in [0.25, 0.3) is 11.0 Å². The van der Waals surface area contributed by atoms with Gasteiger partial charge in [-0.05, 0) is 30.7 Å². The number of rotatable bonds is 3. The molecule has 0 saturated heterocycles. The van der Waals surface area contributed by atoms with Gasteiger partial charge in [0.05, 0.1) is 17.6 Å². The van der Waals surface area contributed by atoms with E-state index in [1.807, 2.05) is 36.4 Å². The van der Waals surface area contributed by atoms with Gasteiger partial charge in [-0.2, -0.15) is 0 Å². The summed E-state index contributed by atoms with van der Waals surface area (Å²) in [7, 11) is 0. The maximum absolute atomic E-state index is 12.5. The van der Waals surface area contributed by atoms with E-state index in [-0.39, 0.29) is 11.5 Å². The zero-order chi connectivity index (χ0) is 16.4. The number of hydrogen-bond donors (Lipinski definition) is 1. The average Bonchev–Trinajstić information content (AvgIpc) is 2.52. The van der Waals surface area contributed by atoms with Crippen LogP contribution in [0.1, 0.15) is 18.2 Å². The van der Waals surface area contributed by atoms with Crippen LogP contribution < -0.4 is 10.9 Å². The molecular formula is C18H17N3O2. The first kappa shape index (κ1) is 15.0. The van der Waals surface area contributed by atoms with Gasteiger partial charge < -0.3 is 9.88 Å². The number of nitrogens with one attached hydrogen (secondary N) is 1. The van der Waals surface area contributed by atoms with Crippen LogP contribution in [0.2, 0.25) is 0 Å². The van der Waals surface area contributed by atoms with Crippen LogP contribution in [0, 0.1) is 6.92 Å². The lowest BCUT2D eigenvalue weighted by molar-refractivity contribution is -0.114. The van der Waals surface area contributed by atoms with E-state index in [4.69, 9.17) is 0 Å². The van der Waals surface area contributed by atoms with Gasteiger partial charge >= 0.3 is 0 Å². The Labute approximate surface area is 133 Å². The number of aryl methyl sites for hydroxylation is 1. The van der Waals surface area contributed by atoms with E-state index in [1.54, 1.807) is 23.6 Å². The fourth-order valence-electron chi connectivity index (χ4n) is 2.58. The van der Waals surface area contributed by atoms with Gasteiger partial charge in [0.2, 0.25) is 5.91 Å². The first-order valence-electron chi connectivity index (χ1n) is 7.37. The Morgan fingerprint density at radius 2 is 1.91 bits per heavy atom. The van der Waals surface area contributed by atoms with E-state index >= 15 is 0 Å². The van der Waals surface area contributed by atoms with Crippen LogP contribution in [-0.2, 0) is 11.3 Å². The third kappa shape index (κ3) is 3.13. The maximum atomic E-state index is 12.5. The van der Waals surface area contributed by atoms with Gasteiger partial charge in [-0.15, -0.1) is 0 Å². The lowest BCUT2D eigenvalue weighted by Crippen LogP contribution is -2.24. The second kappa shape index (κ2) is 6.04. The molecule has 116 valence electrons. The first-order valence-corrected chi connectivity index (χ1v) is 7.37. The summed E-state index contributed by atoms with van der Waals surface area (Å²) in [6.07, 6.45) is 0. The Morgan fingerprint density at radius 1 is 1.17 bits per heavy atom. The van der Waals surface area contributed by atoms with Crippen LogP contribution in [0.3, 0.4) is 0 Å². The Bertz CT molecular complexity index is 930.